The van der Waals surface area contributed by atoms with Gasteiger partial charge in [0.05, 0.1) is 6.61 Å². The van der Waals surface area contributed by atoms with Gasteiger partial charge in [0, 0.05) is 13.2 Å². The van der Waals surface area contributed by atoms with E-state index in [9.17, 15) is 4.79 Å². The van der Waals surface area contributed by atoms with E-state index in [1.165, 1.54) is 6.08 Å². The molecule has 0 fully saturated rings. The number of benzene rings is 1. The van der Waals surface area contributed by atoms with Crippen LogP contribution in [0.1, 0.15) is 6.92 Å². The summed E-state index contributed by atoms with van der Waals surface area (Å²) in [5, 5.41) is 0. The van der Waals surface area contributed by atoms with E-state index in [4.69, 9.17) is 14.2 Å². The van der Waals surface area contributed by atoms with Gasteiger partial charge in [0.15, 0.2) is 0 Å². The quantitative estimate of drug-likeness (QED) is 0.423. The lowest BCUT2D eigenvalue weighted by molar-refractivity contribution is -0.138. The number of hydrogen-bond acceptors (Lipinski definition) is 4. The van der Waals surface area contributed by atoms with Crippen molar-refractivity contribution in [2.24, 2.45) is 0 Å². The van der Waals surface area contributed by atoms with Gasteiger partial charge in [-0.05, 0) is 24.6 Å². The number of hydrogen-bond donors (Lipinski definition) is 0. The van der Waals surface area contributed by atoms with Crippen LogP contribution in [0.25, 0.3) is 0 Å². The van der Waals surface area contributed by atoms with Crippen LogP contribution < -0.4 is 4.74 Å². The van der Waals surface area contributed by atoms with Gasteiger partial charge in [-0.2, -0.15) is 0 Å². The lowest BCUT2D eigenvalue weighted by Gasteiger charge is -2.06. The third-order valence-electron chi connectivity index (χ3n) is 2.08. The molecule has 0 aliphatic heterocycles. The van der Waals surface area contributed by atoms with Crippen LogP contribution in [0.15, 0.2) is 42.0 Å². The second kappa shape index (κ2) is 8.31. The van der Waals surface area contributed by atoms with Crippen molar-refractivity contribution < 1.29 is 19.0 Å². The average Bonchev–Trinajstić information content (AvgIpc) is 2.36. The largest absolute Gasteiger partial charge is 0.490 e. The highest BCUT2D eigenvalue weighted by Crippen LogP contribution is 2.07. The Bertz CT molecular complexity index is 384. The molecule has 0 aliphatic carbocycles. The fraction of sp³-hybridized carbons (Fsp3) is 0.357. The molecule has 0 heterocycles. The Morgan fingerprint density at radius 3 is 2.61 bits per heavy atom. The van der Waals surface area contributed by atoms with Gasteiger partial charge in [0.1, 0.15) is 19.0 Å². The summed E-state index contributed by atoms with van der Waals surface area (Å²) in [4.78, 5) is 11.3. The molecule has 18 heavy (non-hydrogen) atoms. The highest BCUT2D eigenvalue weighted by atomic mass is 16.6. The summed E-state index contributed by atoms with van der Waals surface area (Å²) in [6.07, 6.45) is 1.42. The van der Waals surface area contributed by atoms with Crippen molar-refractivity contribution in [1.82, 2.24) is 0 Å². The average molecular weight is 250 g/mol. The molecule has 0 radical (unpaired) electrons. The van der Waals surface area contributed by atoms with Crippen LogP contribution in [0.5, 0.6) is 5.75 Å². The molecule has 0 amide bonds. The number of esters is 1. The van der Waals surface area contributed by atoms with Gasteiger partial charge in [-0.15, -0.1) is 0 Å². The summed E-state index contributed by atoms with van der Waals surface area (Å²) in [7, 11) is 1.58. The number of carbonyl (C=O) groups is 1. The molecular formula is C14H18O4. The van der Waals surface area contributed by atoms with Gasteiger partial charge in [-0.25, -0.2) is 4.79 Å². The molecule has 0 bridgehead atoms. The van der Waals surface area contributed by atoms with E-state index in [1.54, 1.807) is 7.11 Å². The monoisotopic (exact) mass is 250 g/mol. The zero-order valence-electron chi connectivity index (χ0n) is 10.7. The minimum atomic E-state index is -0.374. The number of carbonyl (C=O) groups excluding carboxylic acids is 1. The zero-order chi connectivity index (χ0) is 13.2. The van der Waals surface area contributed by atoms with Crippen molar-refractivity contribution in [2.75, 3.05) is 26.9 Å². The molecule has 0 saturated heterocycles. The summed E-state index contributed by atoms with van der Waals surface area (Å²) in [5.41, 5.74) is 0.825. The van der Waals surface area contributed by atoms with Crippen molar-refractivity contribution in [3.05, 3.63) is 42.0 Å². The lowest BCUT2D eigenvalue weighted by Crippen LogP contribution is -2.11. The van der Waals surface area contributed by atoms with Gasteiger partial charge in [-0.3, -0.25) is 0 Å². The Hall–Kier alpha value is -1.81. The van der Waals surface area contributed by atoms with Crippen LogP contribution in [-0.2, 0) is 14.3 Å². The fourth-order valence-electron chi connectivity index (χ4n) is 1.33. The molecule has 0 atom stereocenters. The molecule has 0 aliphatic rings. The van der Waals surface area contributed by atoms with E-state index >= 15 is 0 Å². The van der Waals surface area contributed by atoms with Crippen LogP contribution >= 0.6 is 0 Å². The minimum absolute atomic E-state index is 0.227. The Morgan fingerprint density at radius 1 is 1.22 bits per heavy atom. The molecule has 0 spiro atoms. The maximum atomic E-state index is 11.3. The van der Waals surface area contributed by atoms with Crippen LogP contribution in [0.2, 0.25) is 0 Å². The summed E-state index contributed by atoms with van der Waals surface area (Å²) in [6, 6.07) is 9.39. The standard InChI is InChI=1S/C14H18O4/c1-12(11-16-2)10-14(15)18-9-8-17-13-6-4-3-5-7-13/h3-7,10H,8-9,11H2,1-2H3. The molecule has 1 aromatic rings. The van der Waals surface area contributed by atoms with Gasteiger partial charge in [-0.1, -0.05) is 18.2 Å². The number of para-hydroxylation sites is 1. The maximum absolute atomic E-state index is 11.3. The van der Waals surface area contributed by atoms with Crippen molar-refractivity contribution in [3.8, 4) is 5.75 Å². The second-order valence-electron chi connectivity index (χ2n) is 3.75. The Balaban J connectivity index is 2.18. The van der Waals surface area contributed by atoms with Crippen molar-refractivity contribution in [3.63, 3.8) is 0 Å². The minimum Gasteiger partial charge on any atom is -0.490 e. The summed E-state index contributed by atoms with van der Waals surface area (Å²) >= 11 is 0. The molecule has 0 N–H and O–H groups in total. The molecule has 0 unspecified atom stereocenters. The highest BCUT2D eigenvalue weighted by molar-refractivity contribution is 5.82. The van der Waals surface area contributed by atoms with Crippen LogP contribution in [0, 0.1) is 0 Å². The van der Waals surface area contributed by atoms with Crippen LogP contribution in [0.3, 0.4) is 0 Å². The molecule has 1 rings (SSSR count). The van der Waals surface area contributed by atoms with Crippen molar-refractivity contribution in [2.45, 2.75) is 6.92 Å². The fourth-order valence-corrected chi connectivity index (χ4v) is 1.33. The summed E-state index contributed by atoms with van der Waals surface area (Å²) < 4.78 is 15.3. The highest BCUT2D eigenvalue weighted by Gasteiger charge is 2.00. The van der Waals surface area contributed by atoms with Crippen LogP contribution in [0.4, 0.5) is 0 Å². The molecule has 0 aromatic heterocycles. The van der Waals surface area contributed by atoms with E-state index < -0.39 is 0 Å². The van der Waals surface area contributed by atoms with E-state index in [-0.39, 0.29) is 12.6 Å². The molecule has 4 heteroatoms. The normalized spacial score (nSPS) is 11.1. The van der Waals surface area contributed by atoms with E-state index in [1.807, 2.05) is 37.3 Å². The lowest BCUT2D eigenvalue weighted by atomic mass is 10.3. The van der Waals surface area contributed by atoms with Gasteiger partial charge in [0.2, 0.25) is 0 Å². The van der Waals surface area contributed by atoms with Gasteiger partial charge >= 0.3 is 5.97 Å². The first-order valence-corrected chi connectivity index (χ1v) is 5.73. The summed E-state index contributed by atoms with van der Waals surface area (Å²) in [5.74, 6) is 0.390. The zero-order valence-corrected chi connectivity index (χ0v) is 10.7. The molecule has 1 aromatic carbocycles. The second-order valence-corrected chi connectivity index (χ2v) is 3.75. The maximum Gasteiger partial charge on any atom is 0.330 e. The number of ether oxygens (including phenoxy) is 3. The van der Waals surface area contributed by atoms with E-state index in [2.05, 4.69) is 0 Å². The van der Waals surface area contributed by atoms with Crippen LogP contribution in [-0.4, -0.2) is 32.9 Å². The Labute approximate surface area is 107 Å². The van der Waals surface area contributed by atoms with Crippen molar-refractivity contribution >= 4 is 5.97 Å². The first-order valence-electron chi connectivity index (χ1n) is 5.73. The Morgan fingerprint density at radius 2 is 1.94 bits per heavy atom. The predicted octanol–water partition coefficient (Wildman–Crippen LogP) is 2.20. The first-order chi connectivity index (χ1) is 8.72. The van der Waals surface area contributed by atoms with Gasteiger partial charge in [0.25, 0.3) is 0 Å². The molecular weight excluding hydrogens is 232 g/mol. The topological polar surface area (TPSA) is 44.8 Å². The van der Waals surface area contributed by atoms with Crippen molar-refractivity contribution in [1.29, 1.82) is 0 Å². The van der Waals surface area contributed by atoms with E-state index in [0.717, 1.165) is 11.3 Å². The smallest absolute Gasteiger partial charge is 0.330 e. The number of methoxy groups -OCH3 is 1. The van der Waals surface area contributed by atoms with Gasteiger partial charge < -0.3 is 14.2 Å². The molecule has 0 saturated carbocycles. The number of rotatable bonds is 7. The SMILES string of the molecule is COCC(C)=CC(=O)OCCOc1ccccc1. The third-order valence-corrected chi connectivity index (χ3v) is 2.08. The van der Waals surface area contributed by atoms with E-state index in [0.29, 0.717) is 13.2 Å². The summed E-state index contributed by atoms with van der Waals surface area (Å²) in [6.45, 7) is 2.80. The molecule has 4 nitrogen and oxygen atoms in total. The molecule has 98 valence electrons. The third kappa shape index (κ3) is 6.06. The first kappa shape index (κ1) is 14.3. The predicted molar refractivity (Wildman–Crippen MR) is 68.5 cm³/mol. The Kier molecular flexibility index (Phi) is 6.58.